The Morgan fingerprint density at radius 3 is 2.90 bits per heavy atom. The van der Waals surface area contributed by atoms with Crippen molar-refractivity contribution in [3.05, 3.63) is 23.8 Å². The smallest absolute Gasteiger partial charge is 0.240 e. The van der Waals surface area contributed by atoms with Gasteiger partial charge in [-0.15, -0.1) is 0 Å². The van der Waals surface area contributed by atoms with Crippen LogP contribution in [0.15, 0.2) is 23.3 Å². The van der Waals surface area contributed by atoms with Crippen LogP contribution in [0.4, 0.5) is 0 Å². The number of hydrazone groups is 1. The van der Waals surface area contributed by atoms with Crippen LogP contribution in [0.1, 0.15) is 51.0 Å². The summed E-state index contributed by atoms with van der Waals surface area (Å²) >= 11 is 0. The van der Waals surface area contributed by atoms with Crippen LogP contribution < -0.4 is 14.9 Å². The number of ether oxygens (including phenoxy) is 2. The van der Waals surface area contributed by atoms with Crippen LogP contribution in [0.25, 0.3) is 0 Å². The highest BCUT2D eigenvalue weighted by molar-refractivity contribution is 5.83. The van der Waals surface area contributed by atoms with E-state index in [1.165, 1.54) is 19.3 Å². The van der Waals surface area contributed by atoms with E-state index < -0.39 is 0 Å². The number of hydrogen-bond acceptors (Lipinski definition) is 4. The Kier molecular flexibility index (Phi) is 6.06. The van der Waals surface area contributed by atoms with E-state index in [1.54, 1.807) is 6.21 Å². The van der Waals surface area contributed by atoms with Crippen molar-refractivity contribution in [3.63, 3.8) is 0 Å². The summed E-state index contributed by atoms with van der Waals surface area (Å²) in [6, 6.07) is 5.54. The molecule has 0 atom stereocenters. The lowest BCUT2D eigenvalue weighted by molar-refractivity contribution is -0.121. The Morgan fingerprint density at radius 1 is 1.24 bits per heavy atom. The highest BCUT2D eigenvalue weighted by Gasteiger charge is 2.12. The lowest BCUT2D eigenvalue weighted by atomic mass is 10.1. The normalized spacial score (nSPS) is 12.8. The molecule has 1 aromatic carbocycles. The van der Waals surface area contributed by atoms with Gasteiger partial charge in [0.15, 0.2) is 11.5 Å². The first-order valence-electron chi connectivity index (χ1n) is 7.51. The van der Waals surface area contributed by atoms with E-state index in [9.17, 15) is 4.79 Å². The fourth-order valence-electron chi connectivity index (χ4n) is 2.12. The summed E-state index contributed by atoms with van der Waals surface area (Å²) < 4.78 is 10.5. The molecule has 5 nitrogen and oxygen atoms in total. The number of nitrogens with one attached hydrogen (secondary N) is 1. The van der Waals surface area contributed by atoms with Crippen molar-refractivity contribution < 1.29 is 14.3 Å². The van der Waals surface area contributed by atoms with E-state index in [0.717, 1.165) is 24.2 Å². The zero-order valence-corrected chi connectivity index (χ0v) is 12.4. The molecule has 0 aliphatic carbocycles. The molecule has 0 aromatic heterocycles. The number of rotatable bonds is 8. The van der Waals surface area contributed by atoms with Crippen molar-refractivity contribution in [3.8, 4) is 11.5 Å². The van der Waals surface area contributed by atoms with Gasteiger partial charge >= 0.3 is 0 Å². The lowest BCUT2D eigenvalue weighted by Gasteiger charge is -2.00. The Labute approximate surface area is 125 Å². The largest absolute Gasteiger partial charge is 0.454 e. The third-order valence-electron chi connectivity index (χ3n) is 3.31. The first-order chi connectivity index (χ1) is 10.3. The standard InChI is InChI=1S/C16H22N2O3/c1-2-3-4-5-6-7-16(19)18-17-11-13-8-9-14-15(10-13)21-12-20-14/h8-11H,2-7,12H2,1H3,(H,18,19). The fourth-order valence-corrected chi connectivity index (χ4v) is 2.12. The maximum Gasteiger partial charge on any atom is 0.240 e. The maximum atomic E-state index is 11.6. The Morgan fingerprint density at radius 2 is 2.05 bits per heavy atom. The average Bonchev–Trinajstić information content (AvgIpc) is 2.94. The van der Waals surface area contributed by atoms with Crippen molar-refractivity contribution in [1.82, 2.24) is 5.43 Å². The van der Waals surface area contributed by atoms with Gasteiger partial charge < -0.3 is 9.47 Å². The fraction of sp³-hybridized carbons (Fsp3) is 0.500. The number of hydrogen-bond donors (Lipinski definition) is 1. The van der Waals surface area contributed by atoms with E-state index in [-0.39, 0.29) is 12.7 Å². The predicted octanol–water partition coefficient (Wildman–Crippen LogP) is 3.23. The summed E-state index contributed by atoms with van der Waals surface area (Å²) in [5, 5.41) is 3.96. The van der Waals surface area contributed by atoms with Gasteiger partial charge in [-0.3, -0.25) is 4.79 Å². The number of unbranched alkanes of at least 4 members (excludes halogenated alkanes) is 4. The summed E-state index contributed by atoms with van der Waals surface area (Å²) in [7, 11) is 0. The van der Waals surface area contributed by atoms with E-state index >= 15 is 0 Å². The first-order valence-corrected chi connectivity index (χ1v) is 7.51. The van der Waals surface area contributed by atoms with Crippen molar-refractivity contribution >= 4 is 12.1 Å². The van der Waals surface area contributed by atoms with Crippen LogP contribution in [0, 0.1) is 0 Å². The maximum absolute atomic E-state index is 11.6. The van der Waals surface area contributed by atoms with Gasteiger partial charge in [-0.1, -0.05) is 32.6 Å². The van der Waals surface area contributed by atoms with Crippen LogP contribution in [0.5, 0.6) is 11.5 Å². The van der Waals surface area contributed by atoms with Gasteiger partial charge in [0.2, 0.25) is 12.7 Å². The molecule has 0 fully saturated rings. The second kappa shape index (κ2) is 8.29. The molecule has 1 aromatic rings. The number of benzene rings is 1. The van der Waals surface area contributed by atoms with E-state index in [1.807, 2.05) is 18.2 Å². The molecule has 5 heteroatoms. The van der Waals surface area contributed by atoms with Crippen LogP contribution in [0.3, 0.4) is 0 Å². The summed E-state index contributed by atoms with van der Waals surface area (Å²) in [6.07, 6.45) is 7.82. The molecule has 0 saturated heterocycles. The molecule has 21 heavy (non-hydrogen) atoms. The van der Waals surface area contributed by atoms with Gasteiger partial charge in [0, 0.05) is 6.42 Å². The Hall–Kier alpha value is -2.04. The SMILES string of the molecule is CCCCCCCC(=O)NN=Cc1ccc2c(c1)OCO2. The first kappa shape index (κ1) is 15.4. The van der Waals surface area contributed by atoms with E-state index in [2.05, 4.69) is 17.5 Å². The molecular weight excluding hydrogens is 268 g/mol. The number of amides is 1. The summed E-state index contributed by atoms with van der Waals surface area (Å²) in [4.78, 5) is 11.6. The third kappa shape index (κ3) is 5.10. The zero-order chi connectivity index (χ0) is 14.9. The number of nitrogens with zero attached hydrogens (tertiary/aromatic N) is 1. The molecule has 0 unspecified atom stereocenters. The summed E-state index contributed by atoms with van der Waals surface area (Å²) in [5.41, 5.74) is 3.41. The molecule has 114 valence electrons. The van der Waals surface area contributed by atoms with Gasteiger partial charge in [0.1, 0.15) is 0 Å². The van der Waals surface area contributed by atoms with Crippen LogP contribution >= 0.6 is 0 Å². The van der Waals surface area contributed by atoms with Crippen LogP contribution in [-0.4, -0.2) is 18.9 Å². The highest BCUT2D eigenvalue weighted by Crippen LogP contribution is 2.31. The molecule has 0 spiro atoms. The molecule has 1 N–H and O–H groups in total. The van der Waals surface area contributed by atoms with Crippen molar-refractivity contribution in [2.75, 3.05) is 6.79 Å². The lowest BCUT2D eigenvalue weighted by Crippen LogP contribution is -2.16. The Balaban J connectivity index is 1.68. The Bertz CT molecular complexity index is 500. The minimum atomic E-state index is -0.0384. The molecule has 1 amide bonds. The minimum absolute atomic E-state index is 0.0384. The molecule has 2 rings (SSSR count). The number of carbonyl (C=O) groups excluding carboxylic acids is 1. The number of fused-ring (bicyclic) bond motifs is 1. The van der Waals surface area contributed by atoms with Crippen LogP contribution in [-0.2, 0) is 4.79 Å². The monoisotopic (exact) mass is 290 g/mol. The third-order valence-corrected chi connectivity index (χ3v) is 3.31. The number of carbonyl (C=O) groups is 1. The molecule has 1 aliphatic heterocycles. The van der Waals surface area contributed by atoms with Gasteiger partial charge in [0.05, 0.1) is 6.21 Å². The second-order valence-corrected chi connectivity index (χ2v) is 5.07. The molecule has 0 bridgehead atoms. The molecule has 1 aliphatic rings. The minimum Gasteiger partial charge on any atom is -0.454 e. The summed E-state index contributed by atoms with van der Waals surface area (Å²) in [5.74, 6) is 1.41. The molecule has 1 heterocycles. The predicted molar refractivity (Wildman–Crippen MR) is 81.7 cm³/mol. The van der Waals surface area contributed by atoms with Gasteiger partial charge in [-0.25, -0.2) is 5.43 Å². The molecule has 0 saturated carbocycles. The van der Waals surface area contributed by atoms with Gasteiger partial charge in [-0.2, -0.15) is 5.10 Å². The van der Waals surface area contributed by atoms with Gasteiger partial charge in [0.25, 0.3) is 0 Å². The average molecular weight is 290 g/mol. The van der Waals surface area contributed by atoms with Crippen molar-refractivity contribution in [2.24, 2.45) is 5.10 Å². The van der Waals surface area contributed by atoms with E-state index in [0.29, 0.717) is 12.2 Å². The highest BCUT2D eigenvalue weighted by atomic mass is 16.7. The zero-order valence-electron chi connectivity index (χ0n) is 12.4. The topological polar surface area (TPSA) is 59.9 Å². The molecule has 0 radical (unpaired) electrons. The molecular formula is C16H22N2O3. The van der Waals surface area contributed by atoms with E-state index in [4.69, 9.17) is 9.47 Å². The van der Waals surface area contributed by atoms with Gasteiger partial charge in [-0.05, 0) is 30.2 Å². The summed E-state index contributed by atoms with van der Waals surface area (Å²) in [6.45, 7) is 2.43. The van der Waals surface area contributed by atoms with Crippen molar-refractivity contribution in [2.45, 2.75) is 45.4 Å². The second-order valence-electron chi connectivity index (χ2n) is 5.07. The van der Waals surface area contributed by atoms with Crippen LogP contribution in [0.2, 0.25) is 0 Å². The quantitative estimate of drug-likeness (QED) is 0.454. The van der Waals surface area contributed by atoms with Crippen molar-refractivity contribution in [1.29, 1.82) is 0 Å².